The molecule has 0 saturated heterocycles. The van der Waals surface area contributed by atoms with E-state index >= 15 is 0 Å². The Balaban J connectivity index is 0.000000106. The van der Waals surface area contributed by atoms with Gasteiger partial charge in [0.2, 0.25) is 0 Å². The summed E-state index contributed by atoms with van der Waals surface area (Å²) in [5.74, 6) is 1.44. The van der Waals surface area contributed by atoms with Crippen molar-refractivity contribution in [3.8, 4) is 56.3 Å². The van der Waals surface area contributed by atoms with Gasteiger partial charge in [0.15, 0.2) is 0 Å². The van der Waals surface area contributed by atoms with Crippen LogP contribution < -0.4 is 14.2 Å². The van der Waals surface area contributed by atoms with Gasteiger partial charge < -0.3 is 36.4 Å². The second-order valence-electron chi connectivity index (χ2n) is 33.4. The minimum Gasteiger partial charge on any atom is -0.554 e. The molecule has 628 valence electrons. The topological polar surface area (TPSA) is 154 Å². The van der Waals surface area contributed by atoms with Crippen LogP contribution in [0.4, 0.5) is 4.79 Å². The molecule has 17 aromatic carbocycles. The number of fused-ring (bicyclic) bond motifs is 33. The van der Waals surface area contributed by atoms with E-state index in [4.69, 9.17) is 31.9 Å². The smallest absolute Gasteiger partial charge is 0.554 e. The van der Waals surface area contributed by atoms with Crippen LogP contribution in [0, 0.1) is 39.0 Å². The fourth-order valence-corrected chi connectivity index (χ4v) is 19.2. The number of pyridine rings is 3. The molecule has 0 atom stereocenters. The first-order chi connectivity index (χ1) is 64.5. The summed E-state index contributed by atoms with van der Waals surface area (Å²) in [6.45, 7) is 6.37. The van der Waals surface area contributed by atoms with Gasteiger partial charge in [-0.25, -0.2) is 4.79 Å². The van der Waals surface area contributed by atoms with Gasteiger partial charge in [0.1, 0.15) is 50.4 Å². The third-order valence-corrected chi connectivity index (χ3v) is 25.4. The maximum Gasteiger partial charge on any atom is 3.00 e. The summed E-state index contributed by atoms with van der Waals surface area (Å²) >= 11 is 0. The number of benzene rings is 17. The molecule has 0 unspecified atom stereocenters. The van der Waals surface area contributed by atoms with Crippen molar-refractivity contribution in [1.82, 2.24) is 33.4 Å². The van der Waals surface area contributed by atoms with Gasteiger partial charge in [-0.05, 0) is 239 Å². The molecule has 0 radical (unpaired) electrons. The first-order valence-corrected chi connectivity index (χ1v) is 43.3. The number of ether oxygens (including phenoxy) is 3. The van der Waals surface area contributed by atoms with E-state index in [0.29, 0.717) is 17.1 Å². The summed E-state index contributed by atoms with van der Waals surface area (Å²) in [5, 5.41) is 34.5. The minimum atomic E-state index is -0.859. The number of carbonyl (C=O) groups excluding carboxylic acids is 1. The average molecular weight is 1880 g/mol. The Labute approximate surface area is 765 Å². The summed E-state index contributed by atoms with van der Waals surface area (Å²) in [4.78, 5) is 12.9. The monoisotopic (exact) mass is 1880 g/mol. The zero-order valence-electron chi connectivity index (χ0n) is 71.4. The molecule has 11 heterocycles. The number of aromatic nitrogens is 7. The number of para-hydroxylation sites is 2. The van der Waals surface area contributed by atoms with Crippen LogP contribution in [0.25, 0.3) is 230 Å². The van der Waals surface area contributed by atoms with Gasteiger partial charge in [0.25, 0.3) is 0 Å². The second kappa shape index (κ2) is 31.5. The maximum atomic E-state index is 12.9. The van der Waals surface area contributed by atoms with Gasteiger partial charge in [-0.3, -0.25) is 13.5 Å². The van der Waals surface area contributed by atoms with Crippen LogP contribution in [0.3, 0.4) is 0 Å². The molecular formula is C116H72IrN7O8. The fraction of sp³-hybridized carbons (Fsp3) is 0.0345. The van der Waals surface area contributed by atoms with Crippen molar-refractivity contribution < 1.29 is 56.8 Å². The predicted molar refractivity (Wildman–Crippen MR) is 527 cm³/mol. The molecular weight excluding hydrogens is 1810 g/mol. The van der Waals surface area contributed by atoms with Gasteiger partial charge in [-0.15, -0.1) is 29.7 Å². The average Bonchev–Trinajstić information content (AvgIpc) is 1.44. The number of furan rings is 4. The standard InChI is InChI=1S/C44H29NO2.C41H23N2O5.C16H11N2O.C15H9N2.Ir/c1-26-8-15-39-34(20-26)35-22-28(11-16-40(35)45(39)32-6-4-3-5-7-32)31-10-14-33-37-23-29(12-18-42(37)47-44(33)25-31)30-13-19-43-38(24-30)36-21-27(2)9-17-41(36)46-43;1-23-6-13-37-32(18-23)34-20-25(8-15-39(34)47-37)24-7-14-38-33(19-24)30-11-9-27(22-40(30)48-38)46-41(44)45-26-10-12-35-31(21-26)28-4-2-3-5-29(28)36-16-17-42-43(35)36;1-19-11-6-7-15-14(10-11)12-4-2-3-5-13(12)16-8-9-17-18(15)16;1-2-6-13-11(5-1)12-7-3-4-8-14(12)17-15(13)9-10-16-17;/h3-25H,1-2H3;2-11,13-22H,1H3;2-6,8-10H,1H3;1-7,9-10H;/q;3*-1;+3. The molecule has 0 saturated carbocycles. The summed E-state index contributed by atoms with van der Waals surface area (Å²) in [7, 11) is 1.67. The Morgan fingerprint density at radius 2 is 0.629 bits per heavy atom. The summed E-state index contributed by atoms with van der Waals surface area (Å²) < 4.78 is 49.4. The molecule has 0 aliphatic carbocycles. The number of hydrogen-bond donors (Lipinski definition) is 0. The Kier molecular flexibility index (Phi) is 18.8. The van der Waals surface area contributed by atoms with Crippen LogP contribution in [0.1, 0.15) is 16.7 Å². The van der Waals surface area contributed by atoms with E-state index in [0.717, 1.165) is 170 Å². The molecule has 0 bridgehead atoms. The SMILES string of the molecule is COc1c[c-]c2c(c1)c1ccccc1c1ccnn21.Cc1ccc2oc3ccc(-c4ccc5oc6cc(-c7ccc8c(c7)c7cc(C)ccc7n8-c7ccccc7)ccc6c5c4)cc3c2c1.Cc1ccc2oc3ccc(-c4ccc5oc6cc(OC(=O)Oc7c[c-]c8c(c7)c7ccccc7c7ccnn87)ccc6c5c4)cc3c2c1.[Ir+3].[c-]1cccc2c3ccccc3c3ccnn3c12. The van der Waals surface area contributed by atoms with Crippen LogP contribution in [-0.4, -0.2) is 46.7 Å². The number of rotatable bonds is 7. The molecule has 0 amide bonds. The van der Waals surface area contributed by atoms with E-state index in [1.807, 2.05) is 135 Å². The van der Waals surface area contributed by atoms with Gasteiger partial charge in [0.05, 0.1) is 34.7 Å². The van der Waals surface area contributed by atoms with E-state index < -0.39 is 6.16 Å². The van der Waals surface area contributed by atoms with Gasteiger partial charge >= 0.3 is 26.3 Å². The quantitative estimate of drug-likeness (QED) is 0.0648. The van der Waals surface area contributed by atoms with Gasteiger partial charge in [-0.2, -0.15) is 51.7 Å². The molecule has 0 aliphatic rings. The van der Waals surface area contributed by atoms with Crippen molar-refractivity contribution >= 4 is 197 Å². The number of hydrogen-bond acceptors (Lipinski definition) is 11. The van der Waals surface area contributed by atoms with Crippen LogP contribution >= 0.6 is 0 Å². The summed E-state index contributed by atoms with van der Waals surface area (Å²) in [6.07, 6.45) is 4.56. The molecule has 15 nitrogen and oxygen atoms in total. The van der Waals surface area contributed by atoms with Crippen LogP contribution in [-0.2, 0) is 20.1 Å². The van der Waals surface area contributed by atoms with E-state index in [9.17, 15) is 4.79 Å². The molecule has 28 aromatic rings. The Morgan fingerprint density at radius 1 is 0.273 bits per heavy atom. The molecule has 0 N–H and O–H groups in total. The molecule has 0 aliphatic heterocycles. The molecule has 16 heteroatoms. The van der Waals surface area contributed by atoms with Crippen molar-refractivity contribution in [2.45, 2.75) is 20.8 Å². The largest absolute Gasteiger partial charge is 3.00 e. The van der Waals surface area contributed by atoms with Crippen molar-refractivity contribution in [2.24, 2.45) is 0 Å². The second-order valence-corrected chi connectivity index (χ2v) is 33.4. The Hall–Kier alpha value is -16.9. The molecule has 0 spiro atoms. The zero-order chi connectivity index (χ0) is 87.2. The Morgan fingerprint density at radius 3 is 1.14 bits per heavy atom. The van der Waals surface area contributed by atoms with Crippen molar-refractivity contribution in [3.63, 3.8) is 0 Å². The molecule has 28 rings (SSSR count). The molecule has 132 heavy (non-hydrogen) atoms. The number of nitrogens with zero attached hydrogens (tertiary/aromatic N) is 7. The van der Waals surface area contributed by atoms with E-state index in [1.165, 1.54) is 76.7 Å². The number of methoxy groups -OCH3 is 1. The normalized spacial score (nSPS) is 11.8. The van der Waals surface area contributed by atoms with Crippen LogP contribution in [0.15, 0.2) is 382 Å². The first kappa shape index (κ1) is 78.6. The predicted octanol–water partition coefficient (Wildman–Crippen LogP) is 30.2. The minimum absolute atomic E-state index is 0. The van der Waals surface area contributed by atoms with Crippen molar-refractivity contribution in [2.75, 3.05) is 7.11 Å². The molecule has 0 fully saturated rings. The fourth-order valence-electron chi connectivity index (χ4n) is 19.2. The number of aryl methyl sites for hydroxylation is 3. The van der Waals surface area contributed by atoms with Crippen LogP contribution in [0.2, 0.25) is 0 Å². The summed E-state index contributed by atoms with van der Waals surface area (Å²) in [6, 6.07) is 128. The maximum absolute atomic E-state index is 12.9. The van der Waals surface area contributed by atoms with Crippen molar-refractivity contribution in [1.29, 1.82) is 0 Å². The third kappa shape index (κ3) is 13.3. The summed E-state index contributed by atoms with van der Waals surface area (Å²) in [5.41, 5.74) is 26.8. The third-order valence-electron chi connectivity index (χ3n) is 25.4. The zero-order valence-corrected chi connectivity index (χ0v) is 73.8. The van der Waals surface area contributed by atoms with E-state index in [1.54, 1.807) is 31.5 Å². The molecule has 11 aromatic heterocycles. The first-order valence-electron chi connectivity index (χ1n) is 43.3. The van der Waals surface area contributed by atoms with Crippen molar-refractivity contribution in [3.05, 3.63) is 399 Å². The van der Waals surface area contributed by atoms with E-state index in [2.05, 4.69) is 277 Å². The number of carbonyl (C=O) groups is 1. The van der Waals surface area contributed by atoms with Crippen LogP contribution in [0.5, 0.6) is 17.2 Å². The van der Waals surface area contributed by atoms with E-state index in [-0.39, 0.29) is 20.1 Å². The van der Waals surface area contributed by atoms with Gasteiger partial charge in [0, 0.05) is 95.7 Å². The Bertz CT molecular complexity index is 9530. The van der Waals surface area contributed by atoms with Gasteiger partial charge in [-0.1, -0.05) is 189 Å².